The van der Waals surface area contributed by atoms with Crippen molar-refractivity contribution >= 4 is 23.5 Å². The van der Waals surface area contributed by atoms with E-state index >= 15 is 0 Å². The Balaban J connectivity index is 3.88. The van der Waals surface area contributed by atoms with E-state index in [4.69, 9.17) is 16.7 Å². The first-order valence-electron chi connectivity index (χ1n) is 2.49. The zero-order valence-electron chi connectivity index (χ0n) is 5.41. The molecule has 0 aliphatic heterocycles. The number of hydrogen-bond donors (Lipinski definition) is 1. The van der Waals surface area contributed by atoms with Gasteiger partial charge in [-0.15, -0.1) is 0 Å². The molecular weight excluding hydrogens is 172 g/mol. The van der Waals surface area contributed by atoms with Gasteiger partial charge in [0.1, 0.15) is 0 Å². The molecule has 0 rings (SSSR count). The van der Waals surface area contributed by atoms with E-state index in [9.17, 15) is 9.59 Å². The molecule has 0 saturated heterocycles. The van der Waals surface area contributed by atoms with Gasteiger partial charge in [0.15, 0.2) is 5.22 Å². The number of carbonyl (C=O) groups is 2. The summed E-state index contributed by atoms with van der Waals surface area (Å²) in [6.45, 7) is 3.06. The molecule has 1 N–H and O–H groups in total. The van der Waals surface area contributed by atoms with Crippen molar-refractivity contribution in [2.75, 3.05) is 0 Å². The second-order valence-electron chi connectivity index (χ2n) is 1.45. The molecule has 0 aromatic rings. The number of carboxylic acid groups (broad SMARTS) is 1. The molecule has 0 aliphatic carbocycles. The molecule has 0 fully saturated rings. The summed E-state index contributed by atoms with van der Waals surface area (Å²) >= 11 is 5.07. The van der Waals surface area contributed by atoms with Crippen molar-refractivity contribution in [1.29, 1.82) is 0 Å². The van der Waals surface area contributed by atoms with Crippen molar-refractivity contribution < 1.29 is 19.4 Å². The van der Waals surface area contributed by atoms with Crippen molar-refractivity contribution in [3.8, 4) is 0 Å². The van der Waals surface area contributed by atoms with Crippen LogP contribution in [0.5, 0.6) is 0 Å². The highest BCUT2D eigenvalue weighted by molar-refractivity contribution is 6.28. The van der Waals surface area contributed by atoms with Crippen molar-refractivity contribution in [2.24, 2.45) is 0 Å². The minimum Gasteiger partial charge on any atom is -0.478 e. The summed E-state index contributed by atoms with van der Waals surface area (Å²) in [6.07, 6.45) is 1.37. The Bertz CT molecular complexity index is 219. The van der Waals surface area contributed by atoms with Gasteiger partial charge in [0.25, 0.3) is 0 Å². The van der Waals surface area contributed by atoms with Gasteiger partial charge in [-0.1, -0.05) is 0 Å². The number of aliphatic carboxylic acids is 1. The van der Waals surface area contributed by atoms with Crippen LogP contribution in [0, 0.1) is 0 Å². The summed E-state index contributed by atoms with van der Waals surface area (Å²) in [7, 11) is 0. The largest absolute Gasteiger partial charge is 0.478 e. The first-order valence-corrected chi connectivity index (χ1v) is 2.87. The lowest BCUT2D eigenvalue weighted by Gasteiger charge is -1.93. The van der Waals surface area contributed by atoms with Crippen molar-refractivity contribution in [2.45, 2.75) is 0 Å². The lowest BCUT2D eigenvalue weighted by Crippen LogP contribution is -1.98. The number of halogens is 1. The molecule has 60 valence electrons. The quantitative estimate of drug-likeness (QED) is 0.394. The monoisotopic (exact) mass is 176 g/mol. The number of carbonyl (C=O) groups excluding carboxylic acids is 1. The van der Waals surface area contributed by atoms with E-state index in [1.165, 1.54) is 0 Å². The Hall–Kier alpha value is -1.29. The zero-order valence-corrected chi connectivity index (χ0v) is 6.17. The van der Waals surface area contributed by atoms with Crippen LogP contribution in [0.4, 0.5) is 0 Å². The van der Waals surface area contributed by atoms with Gasteiger partial charge in [0.05, 0.1) is 0 Å². The molecule has 5 heteroatoms. The molecule has 0 radical (unpaired) electrons. The normalized spacial score (nSPS) is 9.55. The molecule has 0 saturated carbocycles. The Labute approximate surface area is 67.7 Å². The predicted octanol–water partition coefficient (Wildman–Crippen LogP) is 0.880. The van der Waals surface area contributed by atoms with Crippen LogP contribution in [-0.2, 0) is 14.3 Å². The molecular formula is C6H5ClO4. The Kier molecular flexibility index (Phi) is 3.98. The number of rotatable bonds is 3. The van der Waals surface area contributed by atoms with Crippen LogP contribution < -0.4 is 0 Å². The fraction of sp³-hybridized carbons (Fsp3) is 0. The van der Waals surface area contributed by atoms with Crippen molar-refractivity contribution in [3.63, 3.8) is 0 Å². The highest BCUT2D eigenvalue weighted by Gasteiger charge is 1.98. The van der Waals surface area contributed by atoms with Crippen LogP contribution in [-0.4, -0.2) is 17.0 Å². The third kappa shape index (κ3) is 6.60. The van der Waals surface area contributed by atoms with Crippen LogP contribution in [0.2, 0.25) is 0 Å². The number of esters is 1. The predicted molar refractivity (Wildman–Crippen MR) is 37.9 cm³/mol. The molecule has 4 nitrogen and oxygen atoms in total. The highest BCUT2D eigenvalue weighted by Crippen LogP contribution is 1.98. The summed E-state index contributed by atoms with van der Waals surface area (Å²) in [5.41, 5.74) is 0. The van der Waals surface area contributed by atoms with Gasteiger partial charge in [0.2, 0.25) is 0 Å². The summed E-state index contributed by atoms with van der Waals surface area (Å²) in [6, 6.07) is 0. The van der Waals surface area contributed by atoms with Crippen molar-refractivity contribution in [3.05, 3.63) is 23.9 Å². The molecule has 0 aromatic heterocycles. The maximum absolute atomic E-state index is 10.4. The fourth-order valence-corrected chi connectivity index (χ4v) is 0.359. The SMILES string of the molecule is C=C(Cl)OC(=O)/C=C\C(=O)O. The molecule has 11 heavy (non-hydrogen) atoms. The van der Waals surface area contributed by atoms with Crippen LogP contribution in [0.3, 0.4) is 0 Å². The van der Waals surface area contributed by atoms with Crippen LogP contribution in [0.1, 0.15) is 0 Å². The third-order valence-electron chi connectivity index (χ3n) is 0.573. The Morgan fingerprint density at radius 3 is 2.36 bits per heavy atom. The molecule has 0 heterocycles. The minimum absolute atomic E-state index is 0.301. The van der Waals surface area contributed by atoms with E-state index < -0.39 is 11.9 Å². The Morgan fingerprint density at radius 2 is 2.00 bits per heavy atom. The number of hydrogen-bond acceptors (Lipinski definition) is 3. The topological polar surface area (TPSA) is 63.6 Å². The van der Waals surface area contributed by atoms with Crippen LogP contribution in [0.25, 0.3) is 0 Å². The maximum atomic E-state index is 10.4. The summed E-state index contributed by atoms with van der Waals surface area (Å²) in [4.78, 5) is 20.3. The zero-order chi connectivity index (χ0) is 8.85. The minimum atomic E-state index is -1.23. The van der Waals surface area contributed by atoms with E-state index in [2.05, 4.69) is 11.3 Å². The smallest absolute Gasteiger partial charge is 0.337 e. The van der Waals surface area contributed by atoms with Crippen LogP contribution in [0.15, 0.2) is 23.9 Å². The molecule has 0 amide bonds. The lowest BCUT2D eigenvalue weighted by molar-refractivity contribution is -0.135. The van der Waals surface area contributed by atoms with Gasteiger partial charge < -0.3 is 9.84 Å². The second-order valence-corrected chi connectivity index (χ2v) is 1.87. The van der Waals surface area contributed by atoms with Crippen LogP contribution >= 0.6 is 11.6 Å². The van der Waals surface area contributed by atoms with E-state index in [1.54, 1.807) is 0 Å². The van der Waals surface area contributed by atoms with Gasteiger partial charge in [0, 0.05) is 12.2 Å². The molecule has 0 atom stereocenters. The standard InChI is InChI=1S/C6H5ClO4/c1-4(7)11-6(10)3-2-5(8)9/h2-3H,1H2,(H,8,9)/b3-2-. The number of carboxylic acids is 1. The summed E-state index contributed by atoms with van der Waals surface area (Å²) < 4.78 is 4.18. The second kappa shape index (κ2) is 4.51. The average Bonchev–Trinajstić information content (AvgIpc) is 1.82. The molecule has 0 bridgehead atoms. The maximum Gasteiger partial charge on any atom is 0.337 e. The van der Waals surface area contributed by atoms with Gasteiger partial charge in [-0.2, -0.15) is 0 Å². The van der Waals surface area contributed by atoms with Gasteiger partial charge in [-0.25, -0.2) is 9.59 Å². The van der Waals surface area contributed by atoms with E-state index in [-0.39, 0.29) is 5.22 Å². The summed E-state index contributed by atoms with van der Waals surface area (Å²) in [5, 5.41) is 7.75. The molecule has 0 aromatic carbocycles. The lowest BCUT2D eigenvalue weighted by atomic mass is 10.5. The number of ether oxygens (including phenoxy) is 1. The summed E-state index contributed by atoms with van der Waals surface area (Å²) in [5.74, 6) is -2.10. The average molecular weight is 177 g/mol. The first kappa shape index (κ1) is 9.71. The first-order chi connectivity index (χ1) is 5.02. The molecule has 0 aliphatic rings. The highest BCUT2D eigenvalue weighted by atomic mass is 35.5. The van der Waals surface area contributed by atoms with Gasteiger partial charge >= 0.3 is 11.9 Å². The third-order valence-corrected chi connectivity index (χ3v) is 0.650. The van der Waals surface area contributed by atoms with Gasteiger partial charge in [-0.3, -0.25) is 0 Å². The van der Waals surface area contributed by atoms with Gasteiger partial charge in [-0.05, 0) is 18.2 Å². The molecule has 0 unspecified atom stereocenters. The van der Waals surface area contributed by atoms with E-state index in [1.807, 2.05) is 0 Å². The van der Waals surface area contributed by atoms with Crippen molar-refractivity contribution in [1.82, 2.24) is 0 Å². The van der Waals surface area contributed by atoms with E-state index in [0.29, 0.717) is 6.08 Å². The van der Waals surface area contributed by atoms with E-state index in [0.717, 1.165) is 6.08 Å². The Morgan fingerprint density at radius 1 is 1.45 bits per heavy atom. The fourth-order valence-electron chi connectivity index (χ4n) is 0.283. The molecule has 0 spiro atoms.